The summed E-state index contributed by atoms with van der Waals surface area (Å²) in [5.41, 5.74) is 8.35. The topological polar surface area (TPSA) is 44.6 Å². The van der Waals surface area contributed by atoms with E-state index in [4.69, 9.17) is 26.7 Å². The number of nitrogens with zero attached hydrogens (tertiary/aromatic N) is 5. The molecule has 0 aliphatic carbocycles. The van der Waals surface area contributed by atoms with Crippen molar-refractivity contribution < 1.29 is 0 Å². The zero-order chi connectivity index (χ0) is 26.2. The predicted molar refractivity (Wildman–Crippen MR) is 158 cm³/mol. The van der Waals surface area contributed by atoms with Gasteiger partial charge in [-0.3, -0.25) is 0 Å². The SMILES string of the molecule is Cc1ccc(C2CC(c3cccc(N(C)C)c3)=NN2c2nc(-c3ccccc3)c3cc(Cl)ccc3n2)cc1. The summed E-state index contributed by atoms with van der Waals surface area (Å²) in [5.74, 6) is 0.572. The Kier molecular flexibility index (Phi) is 6.30. The van der Waals surface area contributed by atoms with Gasteiger partial charge in [-0.2, -0.15) is 5.10 Å². The van der Waals surface area contributed by atoms with Crippen LogP contribution in [0.15, 0.2) is 102 Å². The lowest BCUT2D eigenvalue weighted by Crippen LogP contribution is -2.21. The summed E-state index contributed by atoms with van der Waals surface area (Å²) in [4.78, 5) is 12.2. The Morgan fingerprint density at radius 1 is 0.816 bits per heavy atom. The number of benzene rings is 4. The molecular weight excluding hydrogens is 490 g/mol. The molecule has 0 saturated heterocycles. The largest absolute Gasteiger partial charge is 0.378 e. The molecular formula is C32H28ClN5. The van der Waals surface area contributed by atoms with Crippen LogP contribution in [0.1, 0.15) is 29.2 Å². The standard InChI is InChI=1S/C32H28ClN5/c1-21-12-14-22(15-13-21)30-20-29(24-10-7-11-26(18-24)37(2)3)36-38(30)32-34-28-17-16-25(33)19-27(28)31(35-32)23-8-5-4-6-9-23/h4-19,30H,20H2,1-3H3. The summed E-state index contributed by atoms with van der Waals surface area (Å²) >= 11 is 6.39. The molecule has 1 aliphatic heterocycles. The highest BCUT2D eigenvalue weighted by Gasteiger charge is 2.32. The lowest BCUT2D eigenvalue weighted by atomic mass is 9.97. The van der Waals surface area contributed by atoms with E-state index in [9.17, 15) is 0 Å². The van der Waals surface area contributed by atoms with E-state index in [0.717, 1.165) is 45.5 Å². The highest BCUT2D eigenvalue weighted by molar-refractivity contribution is 6.31. The van der Waals surface area contributed by atoms with E-state index in [1.807, 2.05) is 41.4 Å². The number of aromatic nitrogens is 2. The summed E-state index contributed by atoms with van der Waals surface area (Å²) in [6.07, 6.45) is 0.753. The van der Waals surface area contributed by atoms with Crippen molar-refractivity contribution in [1.82, 2.24) is 9.97 Å². The molecule has 0 fully saturated rings. The molecule has 6 rings (SSSR count). The smallest absolute Gasteiger partial charge is 0.247 e. The van der Waals surface area contributed by atoms with E-state index in [-0.39, 0.29) is 6.04 Å². The molecule has 0 radical (unpaired) electrons. The van der Waals surface area contributed by atoms with Crippen molar-refractivity contribution in [2.45, 2.75) is 19.4 Å². The Balaban J connectivity index is 1.53. The van der Waals surface area contributed by atoms with Gasteiger partial charge in [0.1, 0.15) is 0 Å². The van der Waals surface area contributed by atoms with Gasteiger partial charge in [0.25, 0.3) is 0 Å². The van der Waals surface area contributed by atoms with E-state index >= 15 is 0 Å². The molecule has 0 bridgehead atoms. The number of hydrogen-bond donors (Lipinski definition) is 0. The third-order valence-corrected chi connectivity index (χ3v) is 7.20. The number of anilines is 2. The fourth-order valence-electron chi connectivity index (χ4n) is 4.89. The lowest BCUT2D eigenvalue weighted by Gasteiger charge is -2.23. The molecule has 0 N–H and O–H groups in total. The molecule has 1 atom stereocenters. The van der Waals surface area contributed by atoms with Gasteiger partial charge in [0.2, 0.25) is 5.95 Å². The summed E-state index contributed by atoms with van der Waals surface area (Å²) in [6.45, 7) is 2.11. The molecule has 0 spiro atoms. The lowest BCUT2D eigenvalue weighted by molar-refractivity contribution is 0.689. The van der Waals surface area contributed by atoms with Crippen LogP contribution in [0.25, 0.3) is 22.2 Å². The van der Waals surface area contributed by atoms with Crippen LogP contribution in [0.2, 0.25) is 5.02 Å². The number of hydrogen-bond acceptors (Lipinski definition) is 5. The van der Waals surface area contributed by atoms with Crippen molar-refractivity contribution in [3.8, 4) is 11.3 Å². The molecule has 6 heteroatoms. The van der Waals surface area contributed by atoms with Gasteiger partial charge in [-0.25, -0.2) is 15.0 Å². The summed E-state index contributed by atoms with van der Waals surface area (Å²) in [5, 5.41) is 8.71. The first-order chi connectivity index (χ1) is 18.5. The number of fused-ring (bicyclic) bond motifs is 1. The first kappa shape index (κ1) is 24.1. The maximum absolute atomic E-state index is 6.39. The van der Waals surface area contributed by atoms with E-state index in [0.29, 0.717) is 11.0 Å². The van der Waals surface area contributed by atoms with Crippen LogP contribution in [0.3, 0.4) is 0 Å². The number of rotatable bonds is 5. The Labute approximate surface area is 228 Å². The summed E-state index contributed by atoms with van der Waals surface area (Å²) in [6, 6.07) is 33.1. The Morgan fingerprint density at radius 2 is 1.58 bits per heavy atom. The molecule has 38 heavy (non-hydrogen) atoms. The number of aryl methyl sites for hydroxylation is 1. The van der Waals surface area contributed by atoms with Crippen molar-refractivity contribution in [2.75, 3.05) is 24.0 Å². The molecule has 5 nitrogen and oxygen atoms in total. The minimum absolute atomic E-state index is 0.0259. The molecule has 0 amide bonds. The summed E-state index contributed by atoms with van der Waals surface area (Å²) in [7, 11) is 4.11. The van der Waals surface area contributed by atoms with Crippen molar-refractivity contribution >= 4 is 39.9 Å². The fraction of sp³-hybridized carbons (Fsp3) is 0.156. The van der Waals surface area contributed by atoms with Crippen LogP contribution < -0.4 is 9.91 Å². The first-order valence-corrected chi connectivity index (χ1v) is 13.1. The third kappa shape index (κ3) is 4.61. The van der Waals surface area contributed by atoms with E-state index in [1.165, 1.54) is 11.1 Å². The minimum Gasteiger partial charge on any atom is -0.378 e. The normalized spacial score (nSPS) is 15.1. The monoisotopic (exact) mass is 517 g/mol. The second-order valence-electron chi connectivity index (χ2n) is 9.87. The van der Waals surface area contributed by atoms with Crippen LogP contribution in [0.4, 0.5) is 11.6 Å². The van der Waals surface area contributed by atoms with Crippen molar-refractivity contribution in [2.24, 2.45) is 5.10 Å². The van der Waals surface area contributed by atoms with Gasteiger partial charge in [0, 0.05) is 42.2 Å². The first-order valence-electron chi connectivity index (χ1n) is 12.7. The van der Waals surface area contributed by atoms with Gasteiger partial charge in [0.05, 0.1) is 23.0 Å². The molecule has 1 aromatic heterocycles. The van der Waals surface area contributed by atoms with Gasteiger partial charge >= 0.3 is 0 Å². The predicted octanol–water partition coefficient (Wildman–Crippen LogP) is 7.68. The van der Waals surface area contributed by atoms with Crippen LogP contribution in [-0.2, 0) is 0 Å². The minimum atomic E-state index is -0.0259. The second kappa shape index (κ2) is 9.92. The highest BCUT2D eigenvalue weighted by atomic mass is 35.5. The fourth-order valence-corrected chi connectivity index (χ4v) is 5.06. The zero-order valence-corrected chi connectivity index (χ0v) is 22.4. The zero-order valence-electron chi connectivity index (χ0n) is 21.6. The van der Waals surface area contributed by atoms with E-state index in [1.54, 1.807) is 0 Å². The second-order valence-corrected chi connectivity index (χ2v) is 10.3. The number of hydrazone groups is 1. The average molecular weight is 518 g/mol. The Bertz CT molecular complexity index is 1640. The molecule has 5 aromatic rings. The van der Waals surface area contributed by atoms with Crippen molar-refractivity contribution in [1.29, 1.82) is 0 Å². The van der Waals surface area contributed by atoms with Crippen LogP contribution in [0, 0.1) is 6.92 Å². The maximum Gasteiger partial charge on any atom is 0.247 e. The molecule has 0 saturated carbocycles. The molecule has 1 unspecified atom stereocenters. The molecule has 2 heterocycles. The molecule has 1 aliphatic rings. The van der Waals surface area contributed by atoms with Crippen molar-refractivity contribution in [3.05, 3.63) is 119 Å². The highest BCUT2D eigenvalue weighted by Crippen LogP contribution is 2.38. The van der Waals surface area contributed by atoms with Crippen LogP contribution in [-0.4, -0.2) is 29.8 Å². The van der Waals surface area contributed by atoms with Gasteiger partial charge in [-0.05, 0) is 48.4 Å². The van der Waals surface area contributed by atoms with Crippen LogP contribution in [0.5, 0.6) is 0 Å². The third-order valence-electron chi connectivity index (χ3n) is 6.97. The van der Waals surface area contributed by atoms with Gasteiger partial charge in [-0.15, -0.1) is 0 Å². The van der Waals surface area contributed by atoms with Gasteiger partial charge in [-0.1, -0.05) is 83.9 Å². The van der Waals surface area contributed by atoms with Gasteiger partial charge < -0.3 is 4.90 Å². The Morgan fingerprint density at radius 3 is 2.34 bits per heavy atom. The number of halogens is 1. The maximum atomic E-state index is 6.39. The van der Waals surface area contributed by atoms with E-state index in [2.05, 4.69) is 86.6 Å². The van der Waals surface area contributed by atoms with Gasteiger partial charge in [0.15, 0.2) is 0 Å². The van der Waals surface area contributed by atoms with Crippen molar-refractivity contribution in [3.63, 3.8) is 0 Å². The average Bonchev–Trinajstić information content (AvgIpc) is 3.39. The quantitative estimate of drug-likeness (QED) is 0.240. The summed E-state index contributed by atoms with van der Waals surface area (Å²) < 4.78 is 0. The Hall–Kier alpha value is -4.22. The van der Waals surface area contributed by atoms with Crippen LogP contribution >= 0.6 is 11.6 Å². The van der Waals surface area contributed by atoms with E-state index < -0.39 is 0 Å². The molecule has 4 aromatic carbocycles. The molecule has 188 valence electrons.